The minimum Gasteiger partial charge on any atom is -0.394 e. The Morgan fingerprint density at radius 3 is 2.93 bits per heavy atom. The van der Waals surface area contributed by atoms with Gasteiger partial charge in [0.2, 0.25) is 0 Å². The van der Waals surface area contributed by atoms with Crippen molar-refractivity contribution in [2.75, 3.05) is 6.61 Å². The largest absolute Gasteiger partial charge is 0.394 e. The molecule has 2 N–H and O–H groups in total. The van der Waals surface area contributed by atoms with Gasteiger partial charge in [-0.05, 0) is 25.1 Å². The van der Waals surface area contributed by atoms with Gasteiger partial charge in [0.15, 0.2) is 0 Å². The first-order valence-corrected chi connectivity index (χ1v) is 5.58. The second kappa shape index (κ2) is 5.49. The highest BCUT2D eigenvalue weighted by Crippen LogP contribution is 2.20. The Morgan fingerprint density at radius 2 is 2.33 bits per heavy atom. The van der Waals surface area contributed by atoms with Crippen LogP contribution in [0.2, 0.25) is 5.02 Å². The maximum absolute atomic E-state index is 11.7. The molecular formula is C10H11BrClNO2. The van der Waals surface area contributed by atoms with Crippen LogP contribution in [0, 0.1) is 0 Å². The van der Waals surface area contributed by atoms with E-state index in [0.29, 0.717) is 10.6 Å². The maximum atomic E-state index is 11.7. The summed E-state index contributed by atoms with van der Waals surface area (Å²) in [6.45, 7) is 1.61. The Bertz CT molecular complexity index is 370. The Kier molecular flexibility index (Phi) is 4.57. The zero-order valence-electron chi connectivity index (χ0n) is 8.13. The molecule has 1 aromatic rings. The third kappa shape index (κ3) is 3.48. The number of halogens is 2. The summed E-state index contributed by atoms with van der Waals surface area (Å²) in [5, 5.41) is 11.8. The number of carbonyl (C=O) groups is 1. The number of aliphatic hydroxyl groups is 1. The molecular weight excluding hydrogens is 281 g/mol. The van der Waals surface area contributed by atoms with Gasteiger partial charge in [-0.25, -0.2) is 0 Å². The number of hydrogen-bond acceptors (Lipinski definition) is 2. The van der Waals surface area contributed by atoms with Gasteiger partial charge in [-0.2, -0.15) is 0 Å². The SMILES string of the molecule is CC(CO)NC(=O)c1cc(Br)ccc1Cl. The van der Waals surface area contributed by atoms with E-state index in [9.17, 15) is 4.79 Å². The zero-order chi connectivity index (χ0) is 11.4. The molecule has 0 fully saturated rings. The molecule has 1 aromatic carbocycles. The lowest BCUT2D eigenvalue weighted by Crippen LogP contribution is -2.35. The van der Waals surface area contributed by atoms with Crippen LogP contribution < -0.4 is 5.32 Å². The van der Waals surface area contributed by atoms with Crippen molar-refractivity contribution >= 4 is 33.4 Å². The molecule has 3 nitrogen and oxygen atoms in total. The third-order valence-corrected chi connectivity index (χ3v) is 2.65. The number of hydrogen-bond donors (Lipinski definition) is 2. The van der Waals surface area contributed by atoms with E-state index < -0.39 is 0 Å². The van der Waals surface area contributed by atoms with Gasteiger partial charge >= 0.3 is 0 Å². The lowest BCUT2D eigenvalue weighted by Gasteiger charge is -2.11. The van der Waals surface area contributed by atoms with E-state index in [4.69, 9.17) is 16.7 Å². The topological polar surface area (TPSA) is 49.3 Å². The van der Waals surface area contributed by atoms with Gasteiger partial charge in [-0.1, -0.05) is 27.5 Å². The average molecular weight is 293 g/mol. The Balaban J connectivity index is 2.86. The highest BCUT2D eigenvalue weighted by atomic mass is 79.9. The lowest BCUT2D eigenvalue weighted by atomic mass is 10.2. The molecule has 0 saturated carbocycles. The van der Waals surface area contributed by atoms with Gasteiger partial charge in [0.1, 0.15) is 0 Å². The van der Waals surface area contributed by atoms with Crippen LogP contribution in [0.3, 0.4) is 0 Å². The molecule has 0 saturated heterocycles. The summed E-state index contributed by atoms with van der Waals surface area (Å²) in [4.78, 5) is 11.7. The quantitative estimate of drug-likeness (QED) is 0.897. The van der Waals surface area contributed by atoms with Crippen molar-refractivity contribution in [1.29, 1.82) is 0 Å². The van der Waals surface area contributed by atoms with Crippen LogP contribution in [0.15, 0.2) is 22.7 Å². The minimum atomic E-state index is -0.289. The van der Waals surface area contributed by atoms with Crippen molar-refractivity contribution < 1.29 is 9.90 Å². The second-order valence-electron chi connectivity index (χ2n) is 3.18. The van der Waals surface area contributed by atoms with E-state index in [1.807, 2.05) is 0 Å². The van der Waals surface area contributed by atoms with E-state index >= 15 is 0 Å². The summed E-state index contributed by atoms with van der Waals surface area (Å²) < 4.78 is 0.786. The first-order valence-electron chi connectivity index (χ1n) is 4.41. The fourth-order valence-corrected chi connectivity index (χ4v) is 1.58. The molecule has 0 aliphatic heterocycles. The van der Waals surface area contributed by atoms with Crippen molar-refractivity contribution in [1.82, 2.24) is 5.32 Å². The minimum absolute atomic E-state index is 0.0998. The van der Waals surface area contributed by atoms with Gasteiger partial charge in [0.05, 0.1) is 17.2 Å². The Morgan fingerprint density at radius 1 is 1.67 bits per heavy atom. The zero-order valence-corrected chi connectivity index (χ0v) is 10.5. The summed E-state index contributed by atoms with van der Waals surface area (Å²) in [6.07, 6.45) is 0. The van der Waals surface area contributed by atoms with Crippen LogP contribution in [0.1, 0.15) is 17.3 Å². The van der Waals surface area contributed by atoms with E-state index in [1.54, 1.807) is 25.1 Å². The predicted octanol–water partition coefficient (Wildman–Crippen LogP) is 2.21. The van der Waals surface area contributed by atoms with E-state index in [-0.39, 0.29) is 18.6 Å². The summed E-state index contributed by atoms with van der Waals surface area (Å²) in [6, 6.07) is 4.76. The summed E-state index contributed by atoms with van der Waals surface area (Å²) in [5.74, 6) is -0.289. The summed E-state index contributed by atoms with van der Waals surface area (Å²) in [7, 11) is 0. The highest BCUT2D eigenvalue weighted by molar-refractivity contribution is 9.10. The number of amides is 1. The smallest absolute Gasteiger partial charge is 0.253 e. The van der Waals surface area contributed by atoms with Crippen LogP contribution >= 0.6 is 27.5 Å². The molecule has 0 aliphatic carbocycles. The van der Waals surface area contributed by atoms with Crippen molar-refractivity contribution in [3.8, 4) is 0 Å². The van der Waals surface area contributed by atoms with Crippen LogP contribution in [0.4, 0.5) is 0 Å². The van der Waals surface area contributed by atoms with Crippen molar-refractivity contribution in [3.63, 3.8) is 0 Å². The van der Waals surface area contributed by atoms with Gasteiger partial charge in [-0.3, -0.25) is 4.79 Å². The molecule has 0 radical (unpaired) electrons. The molecule has 1 rings (SSSR count). The van der Waals surface area contributed by atoms with Crippen molar-refractivity contribution in [2.45, 2.75) is 13.0 Å². The summed E-state index contributed by atoms with van der Waals surface area (Å²) in [5.41, 5.74) is 0.395. The predicted molar refractivity (Wildman–Crippen MR) is 63.2 cm³/mol. The Labute approximate surface area is 102 Å². The lowest BCUT2D eigenvalue weighted by molar-refractivity contribution is 0.0922. The van der Waals surface area contributed by atoms with E-state index in [1.165, 1.54) is 0 Å². The van der Waals surface area contributed by atoms with E-state index in [0.717, 1.165) is 4.47 Å². The standard InChI is InChI=1S/C10H11BrClNO2/c1-6(5-14)13-10(15)8-4-7(11)2-3-9(8)12/h2-4,6,14H,5H2,1H3,(H,13,15). The molecule has 1 atom stereocenters. The van der Waals surface area contributed by atoms with Gasteiger partial charge < -0.3 is 10.4 Å². The molecule has 1 amide bonds. The maximum Gasteiger partial charge on any atom is 0.253 e. The van der Waals surface area contributed by atoms with Gasteiger partial charge in [0.25, 0.3) is 5.91 Å². The first-order chi connectivity index (χ1) is 7.04. The molecule has 0 aliphatic rings. The third-order valence-electron chi connectivity index (χ3n) is 1.82. The highest BCUT2D eigenvalue weighted by Gasteiger charge is 2.12. The molecule has 1 unspecified atom stereocenters. The molecule has 0 spiro atoms. The fraction of sp³-hybridized carbons (Fsp3) is 0.300. The normalized spacial score (nSPS) is 12.3. The van der Waals surface area contributed by atoms with Crippen LogP contribution in [-0.4, -0.2) is 23.7 Å². The van der Waals surface area contributed by atoms with Gasteiger partial charge in [-0.15, -0.1) is 0 Å². The molecule has 0 heterocycles. The number of rotatable bonds is 3. The second-order valence-corrected chi connectivity index (χ2v) is 4.50. The first kappa shape index (κ1) is 12.5. The Hall–Kier alpha value is -0.580. The number of nitrogens with one attached hydrogen (secondary N) is 1. The molecule has 0 bridgehead atoms. The molecule has 82 valence electrons. The molecule has 5 heteroatoms. The van der Waals surface area contributed by atoms with Crippen LogP contribution in [0.25, 0.3) is 0 Å². The number of benzene rings is 1. The number of carbonyl (C=O) groups excluding carboxylic acids is 1. The molecule has 0 aromatic heterocycles. The number of aliphatic hydroxyl groups excluding tert-OH is 1. The van der Waals surface area contributed by atoms with Crippen LogP contribution in [-0.2, 0) is 0 Å². The average Bonchev–Trinajstić information content (AvgIpc) is 2.21. The van der Waals surface area contributed by atoms with Gasteiger partial charge in [0, 0.05) is 10.5 Å². The van der Waals surface area contributed by atoms with Crippen molar-refractivity contribution in [3.05, 3.63) is 33.3 Å². The van der Waals surface area contributed by atoms with E-state index in [2.05, 4.69) is 21.2 Å². The summed E-state index contributed by atoms with van der Waals surface area (Å²) >= 11 is 9.13. The van der Waals surface area contributed by atoms with Crippen molar-refractivity contribution in [2.24, 2.45) is 0 Å². The fourth-order valence-electron chi connectivity index (χ4n) is 1.02. The van der Waals surface area contributed by atoms with Crippen LogP contribution in [0.5, 0.6) is 0 Å². The monoisotopic (exact) mass is 291 g/mol. The molecule has 15 heavy (non-hydrogen) atoms.